The molecule has 0 spiro atoms. The van der Waals surface area contributed by atoms with Crippen molar-refractivity contribution in [2.45, 2.75) is 24.3 Å². The van der Waals surface area contributed by atoms with E-state index < -0.39 is 5.41 Å². The number of nitrogens with zero attached hydrogens (tertiary/aromatic N) is 1. The first kappa shape index (κ1) is 19.9. The van der Waals surface area contributed by atoms with E-state index in [-0.39, 0.29) is 11.9 Å². The van der Waals surface area contributed by atoms with Crippen LogP contribution in [0, 0.1) is 0 Å². The summed E-state index contributed by atoms with van der Waals surface area (Å²) in [5.74, 6) is 0.0657. The van der Waals surface area contributed by atoms with Gasteiger partial charge in [0.15, 0.2) is 0 Å². The van der Waals surface area contributed by atoms with Crippen LogP contribution in [0.2, 0.25) is 5.02 Å². The van der Waals surface area contributed by atoms with Gasteiger partial charge in [-0.05, 0) is 44.1 Å². The zero-order chi connectivity index (χ0) is 19.3. The lowest BCUT2D eigenvalue weighted by atomic mass is 9.73. The Balaban J connectivity index is 1.80. The summed E-state index contributed by atoms with van der Waals surface area (Å²) in [7, 11) is 4.00. The average molecular weight is 387 g/mol. The molecule has 1 N–H and O–H groups in total. The van der Waals surface area contributed by atoms with Crippen molar-refractivity contribution >= 4 is 17.5 Å². The van der Waals surface area contributed by atoms with E-state index in [1.807, 2.05) is 68.7 Å². The van der Waals surface area contributed by atoms with Crippen LogP contribution in [0.3, 0.4) is 0 Å². The Kier molecular flexibility index (Phi) is 6.53. The van der Waals surface area contributed by atoms with E-state index in [0.717, 1.165) is 11.1 Å². The molecule has 1 fully saturated rings. The Bertz CT molecular complexity index is 758. The van der Waals surface area contributed by atoms with E-state index in [1.54, 1.807) is 0 Å². The van der Waals surface area contributed by atoms with E-state index in [4.69, 9.17) is 16.3 Å². The van der Waals surface area contributed by atoms with Gasteiger partial charge in [-0.3, -0.25) is 4.79 Å². The molecule has 0 saturated carbocycles. The molecule has 1 aliphatic rings. The Morgan fingerprint density at radius 1 is 1.11 bits per heavy atom. The van der Waals surface area contributed by atoms with Crippen LogP contribution in [-0.2, 0) is 14.9 Å². The summed E-state index contributed by atoms with van der Waals surface area (Å²) in [5, 5.41) is 3.92. The van der Waals surface area contributed by atoms with Gasteiger partial charge >= 0.3 is 0 Å². The van der Waals surface area contributed by atoms with Gasteiger partial charge in [0.05, 0.1) is 11.5 Å². The molecule has 1 amide bonds. The lowest BCUT2D eigenvalue weighted by Crippen LogP contribution is -2.49. The zero-order valence-electron chi connectivity index (χ0n) is 16.0. The van der Waals surface area contributed by atoms with E-state index >= 15 is 0 Å². The molecule has 27 heavy (non-hydrogen) atoms. The molecule has 0 unspecified atom stereocenters. The summed E-state index contributed by atoms with van der Waals surface area (Å²) in [6.45, 7) is 1.71. The molecule has 0 aliphatic carbocycles. The van der Waals surface area contributed by atoms with Crippen LogP contribution in [0.5, 0.6) is 0 Å². The molecule has 0 aromatic heterocycles. The molecule has 5 heteroatoms. The number of amides is 1. The average Bonchev–Trinajstić information content (AvgIpc) is 2.70. The summed E-state index contributed by atoms with van der Waals surface area (Å²) in [5.41, 5.74) is 1.55. The molecule has 1 heterocycles. The van der Waals surface area contributed by atoms with Crippen LogP contribution in [0.25, 0.3) is 0 Å². The fourth-order valence-corrected chi connectivity index (χ4v) is 4.06. The van der Waals surface area contributed by atoms with Gasteiger partial charge in [-0.15, -0.1) is 0 Å². The minimum atomic E-state index is -0.531. The second-order valence-corrected chi connectivity index (χ2v) is 7.68. The van der Waals surface area contributed by atoms with Crippen LogP contribution < -0.4 is 5.32 Å². The topological polar surface area (TPSA) is 41.6 Å². The third kappa shape index (κ3) is 4.34. The van der Waals surface area contributed by atoms with Crippen LogP contribution in [-0.4, -0.2) is 44.7 Å². The van der Waals surface area contributed by atoms with Crippen molar-refractivity contribution in [3.63, 3.8) is 0 Å². The summed E-state index contributed by atoms with van der Waals surface area (Å²) >= 11 is 6.39. The number of likely N-dealkylation sites (N-methyl/N-ethyl adjacent to an activating group) is 1. The van der Waals surface area contributed by atoms with Gasteiger partial charge in [0.2, 0.25) is 5.91 Å². The molecule has 144 valence electrons. The third-order valence-electron chi connectivity index (χ3n) is 5.45. The van der Waals surface area contributed by atoms with Crippen LogP contribution in [0.15, 0.2) is 54.6 Å². The molecule has 2 aromatic rings. The highest BCUT2D eigenvalue weighted by Crippen LogP contribution is 2.35. The van der Waals surface area contributed by atoms with Crippen molar-refractivity contribution in [3.8, 4) is 0 Å². The fourth-order valence-electron chi connectivity index (χ4n) is 3.80. The van der Waals surface area contributed by atoms with Crippen molar-refractivity contribution < 1.29 is 9.53 Å². The SMILES string of the molecule is CN(C)[C@H](CNC(=O)C1(c2ccccc2)CCOCC1)c1ccccc1Cl. The van der Waals surface area contributed by atoms with Crippen LogP contribution in [0.1, 0.15) is 30.0 Å². The van der Waals surface area contributed by atoms with Crippen molar-refractivity contribution in [3.05, 3.63) is 70.7 Å². The number of benzene rings is 2. The summed E-state index contributed by atoms with van der Waals surface area (Å²) < 4.78 is 5.54. The fraction of sp³-hybridized carbons (Fsp3) is 0.409. The highest BCUT2D eigenvalue weighted by molar-refractivity contribution is 6.31. The number of carbonyl (C=O) groups excluding carboxylic acids is 1. The second-order valence-electron chi connectivity index (χ2n) is 7.27. The van der Waals surface area contributed by atoms with Crippen LogP contribution >= 0.6 is 11.6 Å². The number of rotatable bonds is 6. The maximum atomic E-state index is 13.3. The van der Waals surface area contributed by atoms with E-state index in [9.17, 15) is 4.79 Å². The maximum Gasteiger partial charge on any atom is 0.230 e. The summed E-state index contributed by atoms with van der Waals surface area (Å²) in [6, 6.07) is 17.9. The van der Waals surface area contributed by atoms with Crippen molar-refractivity contribution in [2.24, 2.45) is 0 Å². The first-order valence-corrected chi connectivity index (χ1v) is 9.75. The first-order chi connectivity index (χ1) is 13.0. The van der Waals surface area contributed by atoms with Gasteiger partial charge in [-0.2, -0.15) is 0 Å². The van der Waals surface area contributed by atoms with Gasteiger partial charge in [-0.25, -0.2) is 0 Å². The Morgan fingerprint density at radius 2 is 1.74 bits per heavy atom. The summed E-state index contributed by atoms with van der Waals surface area (Å²) in [4.78, 5) is 15.4. The quantitative estimate of drug-likeness (QED) is 0.820. The predicted molar refractivity (Wildman–Crippen MR) is 109 cm³/mol. The van der Waals surface area contributed by atoms with Crippen molar-refractivity contribution in [2.75, 3.05) is 33.9 Å². The molecule has 0 radical (unpaired) electrons. The maximum absolute atomic E-state index is 13.3. The minimum absolute atomic E-state index is 0.00955. The number of hydrogen-bond donors (Lipinski definition) is 1. The smallest absolute Gasteiger partial charge is 0.230 e. The van der Waals surface area contributed by atoms with E-state index in [1.165, 1.54) is 0 Å². The molecular weight excluding hydrogens is 360 g/mol. The molecule has 3 rings (SSSR count). The second kappa shape index (κ2) is 8.87. The third-order valence-corrected chi connectivity index (χ3v) is 5.80. The monoisotopic (exact) mass is 386 g/mol. The number of halogens is 1. The predicted octanol–water partition coefficient (Wildman–Crippen LogP) is 3.81. The summed E-state index contributed by atoms with van der Waals surface area (Å²) in [6.07, 6.45) is 1.39. The van der Waals surface area contributed by atoms with Crippen molar-refractivity contribution in [1.29, 1.82) is 0 Å². The first-order valence-electron chi connectivity index (χ1n) is 9.37. The number of hydrogen-bond acceptors (Lipinski definition) is 3. The minimum Gasteiger partial charge on any atom is -0.381 e. The van der Waals surface area contributed by atoms with Crippen LogP contribution in [0.4, 0.5) is 0 Å². The molecular formula is C22H27ClN2O2. The molecule has 0 bridgehead atoms. The number of carbonyl (C=O) groups is 1. The van der Waals surface area contributed by atoms with Gasteiger partial charge in [0.25, 0.3) is 0 Å². The normalized spacial score (nSPS) is 17.5. The lowest BCUT2D eigenvalue weighted by molar-refractivity contribution is -0.130. The molecule has 1 atom stereocenters. The molecule has 4 nitrogen and oxygen atoms in total. The van der Waals surface area contributed by atoms with Gasteiger partial charge in [0, 0.05) is 24.8 Å². The van der Waals surface area contributed by atoms with Gasteiger partial charge in [-0.1, -0.05) is 60.1 Å². The van der Waals surface area contributed by atoms with Gasteiger partial charge < -0.3 is 15.0 Å². The Hall–Kier alpha value is -1.88. The van der Waals surface area contributed by atoms with Crippen molar-refractivity contribution in [1.82, 2.24) is 10.2 Å². The number of nitrogens with one attached hydrogen (secondary N) is 1. The van der Waals surface area contributed by atoms with Gasteiger partial charge in [0.1, 0.15) is 0 Å². The van der Waals surface area contributed by atoms with E-state index in [2.05, 4.69) is 10.2 Å². The molecule has 2 aromatic carbocycles. The Morgan fingerprint density at radius 3 is 2.37 bits per heavy atom. The number of ether oxygens (including phenoxy) is 1. The molecule has 1 saturated heterocycles. The lowest BCUT2D eigenvalue weighted by Gasteiger charge is -2.37. The standard InChI is InChI=1S/C22H27ClN2O2/c1-25(2)20(18-10-6-7-11-19(18)23)16-24-21(26)22(12-14-27-15-13-22)17-8-4-3-5-9-17/h3-11,20H,12-16H2,1-2H3,(H,24,26)/t20-/m1/s1. The Labute approximate surface area is 166 Å². The highest BCUT2D eigenvalue weighted by atomic mass is 35.5. The zero-order valence-corrected chi connectivity index (χ0v) is 16.7. The van der Waals surface area contributed by atoms with E-state index in [0.29, 0.717) is 37.6 Å². The highest BCUT2D eigenvalue weighted by Gasteiger charge is 2.41. The molecule has 1 aliphatic heterocycles. The largest absolute Gasteiger partial charge is 0.381 e.